The van der Waals surface area contributed by atoms with E-state index >= 15 is 0 Å². The van der Waals surface area contributed by atoms with Gasteiger partial charge in [-0.05, 0) is 24.1 Å². The van der Waals surface area contributed by atoms with Gasteiger partial charge in [0, 0.05) is 12.2 Å². The average molecular weight is 387 g/mol. The van der Waals surface area contributed by atoms with E-state index in [2.05, 4.69) is 9.98 Å². The molecular formula is C14H20Cl2N8O. The van der Waals surface area contributed by atoms with E-state index in [4.69, 9.17) is 40.3 Å². The Labute approximate surface area is 156 Å². The van der Waals surface area contributed by atoms with Crippen LogP contribution in [0.5, 0.6) is 0 Å². The van der Waals surface area contributed by atoms with Crippen LogP contribution in [0.1, 0.15) is 5.56 Å². The van der Waals surface area contributed by atoms with Crippen LogP contribution in [0, 0.1) is 0 Å². The lowest BCUT2D eigenvalue weighted by atomic mass is 10.1. The number of primary amides is 1. The maximum Gasteiger partial charge on any atom is 0.266 e. The summed E-state index contributed by atoms with van der Waals surface area (Å²) in [6.45, 7) is 0.382. The highest BCUT2D eigenvalue weighted by atomic mass is 35.5. The van der Waals surface area contributed by atoms with E-state index < -0.39 is 12.1 Å². The second-order valence-corrected chi connectivity index (χ2v) is 5.44. The summed E-state index contributed by atoms with van der Waals surface area (Å²) in [4.78, 5) is 20.6. The highest BCUT2D eigenvalue weighted by Crippen LogP contribution is 2.19. The summed E-state index contributed by atoms with van der Waals surface area (Å²) in [7, 11) is 0. The molecule has 1 aromatic carbocycles. The lowest BCUT2D eigenvalue weighted by Gasteiger charge is -2.32. The van der Waals surface area contributed by atoms with E-state index in [1.807, 2.05) is 12.1 Å². The van der Waals surface area contributed by atoms with Crippen molar-refractivity contribution in [1.29, 1.82) is 0 Å². The number of amides is 1. The van der Waals surface area contributed by atoms with Gasteiger partial charge >= 0.3 is 0 Å². The first-order chi connectivity index (χ1) is 11.3. The Balaban J connectivity index is 0.00000312. The molecule has 1 atom stereocenters. The van der Waals surface area contributed by atoms with Gasteiger partial charge in [-0.1, -0.05) is 23.7 Å². The molecule has 0 saturated heterocycles. The standard InChI is InChI=1S/C14H19ClN8O.ClH/c15-10-12(18)23(11(17)9(22-10)13(19)24)14(20)21-6-5-7-1-3-8(16)4-2-7;/h1-4,11H,5-6,16-18H2,(H2,19,24)(H2,20,21);1H. The zero-order valence-corrected chi connectivity index (χ0v) is 14.8. The van der Waals surface area contributed by atoms with Gasteiger partial charge in [0.15, 0.2) is 11.1 Å². The van der Waals surface area contributed by atoms with Gasteiger partial charge in [-0.15, -0.1) is 12.4 Å². The number of nitrogens with zero attached hydrogens (tertiary/aromatic N) is 3. The zero-order valence-electron chi connectivity index (χ0n) is 13.2. The van der Waals surface area contributed by atoms with Crippen molar-refractivity contribution in [1.82, 2.24) is 4.90 Å². The number of guanidine groups is 1. The average Bonchev–Trinajstić information content (AvgIpc) is 2.52. The van der Waals surface area contributed by atoms with Gasteiger partial charge in [0.25, 0.3) is 5.91 Å². The van der Waals surface area contributed by atoms with Crippen LogP contribution in [0.4, 0.5) is 5.69 Å². The first-order valence-corrected chi connectivity index (χ1v) is 7.42. The number of hydrogen-bond acceptors (Lipinski definition) is 6. The largest absolute Gasteiger partial charge is 0.399 e. The van der Waals surface area contributed by atoms with Crippen molar-refractivity contribution in [3.63, 3.8) is 0 Å². The Hall–Kier alpha value is -2.49. The minimum atomic E-state index is -1.05. The number of rotatable bonds is 4. The Morgan fingerprint density at radius 3 is 2.40 bits per heavy atom. The van der Waals surface area contributed by atoms with Crippen LogP contribution in [0.15, 0.2) is 45.2 Å². The summed E-state index contributed by atoms with van der Waals surface area (Å²) in [6, 6.07) is 7.41. The van der Waals surface area contributed by atoms with Crippen LogP contribution in [-0.4, -0.2) is 35.2 Å². The van der Waals surface area contributed by atoms with Gasteiger partial charge in [0.05, 0.1) is 0 Å². The molecule has 2 rings (SSSR count). The quantitative estimate of drug-likeness (QED) is 0.199. The first-order valence-electron chi connectivity index (χ1n) is 7.04. The van der Waals surface area contributed by atoms with Gasteiger partial charge in [-0.2, -0.15) is 0 Å². The van der Waals surface area contributed by atoms with Gasteiger partial charge in [-0.3, -0.25) is 14.7 Å². The highest BCUT2D eigenvalue weighted by Gasteiger charge is 2.32. The van der Waals surface area contributed by atoms with E-state index in [9.17, 15) is 4.79 Å². The van der Waals surface area contributed by atoms with Crippen molar-refractivity contribution >= 4 is 47.3 Å². The van der Waals surface area contributed by atoms with E-state index in [0.29, 0.717) is 18.7 Å². The number of hydrogen-bond donors (Lipinski definition) is 5. The molecule has 0 bridgehead atoms. The number of anilines is 1. The second-order valence-electron chi connectivity index (χ2n) is 5.08. The molecule has 1 aliphatic rings. The Bertz CT molecular complexity index is 729. The molecule has 1 aromatic rings. The van der Waals surface area contributed by atoms with Crippen LogP contribution >= 0.6 is 24.0 Å². The van der Waals surface area contributed by atoms with Gasteiger partial charge in [-0.25, -0.2) is 4.99 Å². The molecule has 11 heteroatoms. The minimum absolute atomic E-state index is 0. The maximum atomic E-state index is 11.4. The van der Waals surface area contributed by atoms with E-state index in [0.717, 1.165) is 5.56 Å². The number of benzene rings is 1. The molecule has 0 saturated carbocycles. The monoisotopic (exact) mass is 386 g/mol. The first kappa shape index (κ1) is 20.6. The molecule has 9 nitrogen and oxygen atoms in total. The topological polar surface area (TPSA) is 175 Å². The summed E-state index contributed by atoms with van der Waals surface area (Å²) in [5.74, 6) is -0.794. The number of carbonyl (C=O) groups excluding carboxylic acids is 1. The molecule has 1 unspecified atom stereocenters. The molecule has 1 amide bonds. The molecule has 0 radical (unpaired) electrons. The predicted octanol–water partition coefficient (Wildman–Crippen LogP) is -0.601. The molecule has 0 spiro atoms. The maximum absolute atomic E-state index is 11.4. The minimum Gasteiger partial charge on any atom is -0.399 e. The fraction of sp³-hybridized carbons (Fsp3) is 0.214. The molecular weight excluding hydrogens is 367 g/mol. The molecule has 0 aliphatic carbocycles. The molecule has 10 N–H and O–H groups in total. The summed E-state index contributed by atoms with van der Waals surface area (Å²) in [5, 5.41) is -0.123. The Morgan fingerprint density at radius 1 is 1.24 bits per heavy atom. The van der Waals surface area contributed by atoms with Gasteiger partial charge in [0.2, 0.25) is 0 Å². The van der Waals surface area contributed by atoms with Crippen LogP contribution in [0.3, 0.4) is 0 Å². The smallest absolute Gasteiger partial charge is 0.266 e. The van der Waals surface area contributed by atoms with Gasteiger partial charge in [0.1, 0.15) is 17.7 Å². The van der Waals surface area contributed by atoms with Crippen molar-refractivity contribution in [3.05, 3.63) is 40.8 Å². The Morgan fingerprint density at radius 2 is 1.84 bits per heavy atom. The fourth-order valence-corrected chi connectivity index (χ4v) is 2.31. The molecule has 0 aromatic heterocycles. The highest BCUT2D eigenvalue weighted by molar-refractivity contribution is 6.43. The van der Waals surface area contributed by atoms with Crippen molar-refractivity contribution in [2.75, 3.05) is 12.3 Å². The summed E-state index contributed by atoms with van der Waals surface area (Å²) in [6.07, 6.45) is -0.414. The number of nitrogen functional groups attached to an aromatic ring is 1. The molecule has 0 fully saturated rings. The van der Waals surface area contributed by atoms with Crippen molar-refractivity contribution in [2.45, 2.75) is 12.6 Å². The normalized spacial score (nSPS) is 17.8. The lowest BCUT2D eigenvalue weighted by Crippen LogP contribution is -2.58. The molecule has 136 valence electrons. The van der Waals surface area contributed by atoms with E-state index in [-0.39, 0.29) is 35.1 Å². The third-order valence-electron chi connectivity index (χ3n) is 3.40. The predicted molar refractivity (Wildman–Crippen MR) is 102 cm³/mol. The number of nitrogens with two attached hydrogens (primary N) is 5. The number of aliphatic imine (C=N–C) groups is 2. The van der Waals surface area contributed by atoms with Crippen LogP contribution in [0.25, 0.3) is 0 Å². The molecule has 1 heterocycles. The van der Waals surface area contributed by atoms with Crippen molar-refractivity contribution in [3.8, 4) is 0 Å². The SMILES string of the molecule is Cl.NC(=O)C1=NC(Cl)=C(N)N(C(N)=NCCc2ccc(N)cc2)C1N. The summed E-state index contributed by atoms with van der Waals surface area (Å²) >= 11 is 5.89. The Kier molecular flexibility index (Phi) is 7.04. The molecule has 1 aliphatic heterocycles. The van der Waals surface area contributed by atoms with Crippen LogP contribution < -0.4 is 28.7 Å². The second kappa shape index (κ2) is 8.56. The van der Waals surface area contributed by atoms with Gasteiger partial charge < -0.3 is 28.7 Å². The fourth-order valence-electron chi connectivity index (χ4n) is 2.13. The van der Waals surface area contributed by atoms with Crippen LogP contribution in [0.2, 0.25) is 0 Å². The number of carbonyl (C=O) groups is 1. The van der Waals surface area contributed by atoms with Crippen molar-refractivity contribution in [2.24, 2.45) is 32.9 Å². The third kappa shape index (κ3) is 4.75. The number of halogens is 2. The third-order valence-corrected chi connectivity index (χ3v) is 3.68. The lowest BCUT2D eigenvalue weighted by molar-refractivity contribution is -0.112. The zero-order chi connectivity index (χ0) is 17.9. The van der Waals surface area contributed by atoms with Crippen LogP contribution in [-0.2, 0) is 11.2 Å². The van der Waals surface area contributed by atoms with Crippen molar-refractivity contribution < 1.29 is 4.79 Å². The molecule has 25 heavy (non-hydrogen) atoms. The van der Waals surface area contributed by atoms with E-state index in [1.54, 1.807) is 12.1 Å². The summed E-state index contributed by atoms with van der Waals surface area (Å²) < 4.78 is 0. The van der Waals surface area contributed by atoms with E-state index in [1.165, 1.54) is 4.90 Å². The summed E-state index contributed by atoms with van der Waals surface area (Å²) in [5.41, 5.74) is 30.1.